The molecule has 6 nitrogen and oxygen atoms in total. The Morgan fingerprint density at radius 1 is 1.33 bits per heavy atom. The zero-order chi connectivity index (χ0) is 21.7. The van der Waals surface area contributed by atoms with Crippen LogP contribution in [0.2, 0.25) is 0 Å². The number of aromatic nitrogens is 1. The average Bonchev–Trinajstić information content (AvgIpc) is 2.94. The zero-order valence-corrected chi connectivity index (χ0v) is 18.7. The van der Waals surface area contributed by atoms with Crippen molar-refractivity contribution in [1.29, 1.82) is 0 Å². The molecule has 8 heteroatoms. The van der Waals surface area contributed by atoms with Crippen LogP contribution in [0.4, 0.5) is 4.39 Å². The number of rotatable bonds is 7. The Labute approximate surface area is 181 Å². The number of benzene rings is 1. The predicted molar refractivity (Wildman–Crippen MR) is 115 cm³/mol. The minimum absolute atomic E-state index is 0.0885. The number of hydrogen-bond acceptors (Lipinski definition) is 6. The van der Waals surface area contributed by atoms with E-state index in [9.17, 15) is 14.3 Å². The first-order valence-corrected chi connectivity index (χ1v) is 11.1. The molecule has 0 bridgehead atoms. The number of carbonyl (C=O) groups is 1. The molecule has 164 valence electrons. The number of likely N-dealkylation sites (N-methyl/N-ethyl adjacent to an activating group) is 1. The summed E-state index contributed by atoms with van der Waals surface area (Å²) >= 11 is 1.49. The van der Waals surface area contributed by atoms with E-state index >= 15 is 0 Å². The molecule has 2 heterocycles. The largest absolute Gasteiger partial charge is 0.490 e. The van der Waals surface area contributed by atoms with Crippen LogP contribution in [0.3, 0.4) is 0 Å². The number of hydrogen-bond donors (Lipinski definition) is 1. The molecule has 1 aliphatic heterocycles. The van der Waals surface area contributed by atoms with Gasteiger partial charge in [-0.25, -0.2) is 9.37 Å². The second-order valence-electron chi connectivity index (χ2n) is 8.06. The van der Waals surface area contributed by atoms with Crippen LogP contribution in [0, 0.1) is 12.7 Å². The smallest absolute Gasteiger partial charge is 0.236 e. The van der Waals surface area contributed by atoms with Gasteiger partial charge in [-0.2, -0.15) is 0 Å². The lowest BCUT2D eigenvalue weighted by Crippen LogP contribution is -2.39. The van der Waals surface area contributed by atoms with Crippen molar-refractivity contribution in [3.05, 3.63) is 45.7 Å². The molecule has 2 aromatic rings. The number of amides is 1. The van der Waals surface area contributed by atoms with Crippen molar-refractivity contribution < 1.29 is 19.0 Å². The second kappa shape index (κ2) is 9.85. The Morgan fingerprint density at radius 2 is 2.10 bits per heavy atom. The summed E-state index contributed by atoms with van der Waals surface area (Å²) in [5.74, 6) is -0.0457. The van der Waals surface area contributed by atoms with E-state index in [0.717, 1.165) is 17.0 Å². The van der Waals surface area contributed by atoms with Crippen molar-refractivity contribution in [3.8, 4) is 5.75 Å². The Bertz CT molecular complexity index is 873. The van der Waals surface area contributed by atoms with Crippen molar-refractivity contribution in [2.75, 3.05) is 40.3 Å². The van der Waals surface area contributed by atoms with Crippen LogP contribution >= 0.6 is 11.3 Å². The van der Waals surface area contributed by atoms with Crippen molar-refractivity contribution in [3.63, 3.8) is 0 Å². The van der Waals surface area contributed by atoms with Gasteiger partial charge in [0.25, 0.3) is 0 Å². The fourth-order valence-electron chi connectivity index (χ4n) is 3.63. The average molecular weight is 436 g/mol. The van der Waals surface area contributed by atoms with Gasteiger partial charge in [0, 0.05) is 30.8 Å². The predicted octanol–water partition coefficient (Wildman–Crippen LogP) is 2.97. The summed E-state index contributed by atoms with van der Waals surface area (Å²) in [7, 11) is 3.75. The number of para-hydroxylation sites is 1. The summed E-state index contributed by atoms with van der Waals surface area (Å²) < 4.78 is 19.3. The molecule has 1 saturated heterocycles. The van der Waals surface area contributed by atoms with Crippen molar-refractivity contribution in [1.82, 2.24) is 14.8 Å². The Hall–Kier alpha value is -2.03. The van der Waals surface area contributed by atoms with Crippen LogP contribution in [-0.4, -0.2) is 66.1 Å². The van der Waals surface area contributed by atoms with Gasteiger partial charge in [-0.1, -0.05) is 12.1 Å². The van der Waals surface area contributed by atoms with Crippen molar-refractivity contribution in [2.24, 2.45) is 0 Å². The molecule has 1 aromatic carbocycles. The Kier molecular flexibility index (Phi) is 7.44. The van der Waals surface area contributed by atoms with E-state index in [2.05, 4.69) is 4.98 Å². The van der Waals surface area contributed by atoms with Crippen LogP contribution in [0.25, 0.3) is 0 Å². The highest BCUT2D eigenvalue weighted by Gasteiger charge is 2.36. The first-order chi connectivity index (χ1) is 14.3. The molecule has 0 saturated carbocycles. The molecule has 1 atom stereocenters. The maximum Gasteiger partial charge on any atom is 0.236 e. The molecule has 3 rings (SSSR count). The third kappa shape index (κ3) is 5.56. The van der Waals surface area contributed by atoms with Crippen LogP contribution in [0.5, 0.6) is 5.75 Å². The molecule has 0 radical (unpaired) electrons. The number of carbonyl (C=O) groups excluding carboxylic acids is 1. The maximum absolute atomic E-state index is 13.7. The van der Waals surface area contributed by atoms with Crippen LogP contribution in [-0.2, 0) is 16.8 Å². The summed E-state index contributed by atoms with van der Waals surface area (Å²) in [6.07, 6.45) is 2.39. The highest BCUT2D eigenvalue weighted by Crippen LogP contribution is 2.36. The fourth-order valence-corrected chi connectivity index (χ4v) is 4.82. The highest BCUT2D eigenvalue weighted by molar-refractivity contribution is 7.11. The van der Waals surface area contributed by atoms with Gasteiger partial charge < -0.3 is 19.6 Å². The molecule has 0 aliphatic carbocycles. The molecule has 0 spiro atoms. The van der Waals surface area contributed by atoms with Gasteiger partial charge in [-0.3, -0.25) is 4.79 Å². The number of halogens is 1. The molecule has 1 amide bonds. The van der Waals surface area contributed by atoms with Crippen LogP contribution in [0.1, 0.15) is 34.8 Å². The Balaban J connectivity index is 1.62. The van der Waals surface area contributed by atoms with E-state index in [0.29, 0.717) is 50.5 Å². The Morgan fingerprint density at radius 3 is 2.83 bits per heavy atom. The molecule has 30 heavy (non-hydrogen) atoms. The third-order valence-corrected chi connectivity index (χ3v) is 6.74. The number of thiazole rings is 1. The van der Waals surface area contributed by atoms with Gasteiger partial charge in [-0.05, 0) is 46.0 Å². The van der Waals surface area contributed by atoms with Gasteiger partial charge in [0.05, 0.1) is 18.8 Å². The van der Waals surface area contributed by atoms with E-state index in [1.54, 1.807) is 18.2 Å². The van der Waals surface area contributed by atoms with Gasteiger partial charge in [0.2, 0.25) is 5.91 Å². The quantitative estimate of drug-likeness (QED) is 0.724. The van der Waals surface area contributed by atoms with E-state index in [4.69, 9.17) is 4.74 Å². The molecular weight excluding hydrogens is 405 g/mol. The summed E-state index contributed by atoms with van der Waals surface area (Å²) in [6.45, 7) is 3.82. The van der Waals surface area contributed by atoms with Crippen molar-refractivity contribution in [2.45, 2.75) is 38.2 Å². The van der Waals surface area contributed by atoms with Gasteiger partial charge in [0.15, 0.2) is 11.6 Å². The van der Waals surface area contributed by atoms with Gasteiger partial charge >= 0.3 is 0 Å². The fraction of sp³-hybridized carbons (Fsp3) is 0.545. The van der Waals surface area contributed by atoms with E-state index < -0.39 is 5.60 Å². The molecule has 1 fully saturated rings. The number of nitrogens with zero attached hydrogens (tertiary/aromatic N) is 3. The van der Waals surface area contributed by atoms with E-state index in [-0.39, 0.29) is 17.5 Å². The highest BCUT2D eigenvalue weighted by atomic mass is 32.1. The second-order valence-corrected chi connectivity index (χ2v) is 9.14. The van der Waals surface area contributed by atoms with E-state index in [1.165, 1.54) is 17.4 Å². The monoisotopic (exact) mass is 435 g/mol. The lowest BCUT2D eigenvalue weighted by Gasteiger charge is -2.25. The molecular formula is C22H30FN3O3S. The first kappa shape index (κ1) is 22.7. The lowest BCUT2D eigenvalue weighted by molar-refractivity contribution is -0.132. The van der Waals surface area contributed by atoms with Crippen LogP contribution in [0.15, 0.2) is 24.3 Å². The summed E-state index contributed by atoms with van der Waals surface area (Å²) in [4.78, 5) is 21.7. The zero-order valence-electron chi connectivity index (χ0n) is 17.9. The molecule has 1 N–H and O–H groups in total. The SMILES string of the molecule is Cc1nc(C2(O)CCCN(C(=O)CN(C)C)CC2)sc1CCOc1ccccc1F. The topological polar surface area (TPSA) is 65.9 Å². The molecule has 1 unspecified atom stereocenters. The standard InChI is InChI=1S/C22H30FN3O3S/c1-16-19(9-14-29-18-8-5-4-7-17(18)23)30-21(24-16)22(28)10-6-12-26(13-11-22)20(27)15-25(2)3/h4-5,7-8,28H,6,9-15H2,1-3H3. The number of ether oxygens (including phenoxy) is 1. The third-order valence-electron chi connectivity index (χ3n) is 5.33. The van der Waals surface area contributed by atoms with Crippen molar-refractivity contribution >= 4 is 17.2 Å². The normalized spacial score (nSPS) is 19.7. The summed E-state index contributed by atoms with van der Waals surface area (Å²) in [5.41, 5.74) is -0.155. The van der Waals surface area contributed by atoms with Crippen LogP contribution < -0.4 is 4.74 Å². The van der Waals surface area contributed by atoms with Gasteiger partial charge in [0.1, 0.15) is 10.6 Å². The maximum atomic E-state index is 13.7. The molecule has 1 aliphatic rings. The number of likely N-dealkylation sites (tertiary alicyclic amines) is 1. The molecule has 1 aromatic heterocycles. The summed E-state index contributed by atoms with van der Waals surface area (Å²) in [5, 5.41) is 12.0. The summed E-state index contributed by atoms with van der Waals surface area (Å²) in [6, 6.07) is 6.35. The first-order valence-electron chi connectivity index (χ1n) is 10.3. The van der Waals surface area contributed by atoms with E-state index in [1.807, 2.05) is 30.8 Å². The minimum Gasteiger partial charge on any atom is -0.490 e. The minimum atomic E-state index is -1.02. The number of aryl methyl sites for hydroxylation is 1. The van der Waals surface area contributed by atoms with Gasteiger partial charge in [-0.15, -0.1) is 11.3 Å². The number of aliphatic hydroxyl groups is 1. The lowest BCUT2D eigenvalue weighted by atomic mass is 9.96.